The Morgan fingerprint density at radius 2 is 1.95 bits per heavy atom. The molecule has 4 nitrogen and oxygen atoms in total. The first kappa shape index (κ1) is 21.3. The Kier molecular flexibility index (Phi) is 9.16. The maximum Gasteiger partial charge on any atom is 0.255 e. The maximum absolute atomic E-state index is 12.5. The molecule has 126 valence electrons. The van der Waals surface area contributed by atoms with Gasteiger partial charge in [-0.15, -0.1) is 24.8 Å². The number of nitrogens with two attached hydrogens (primary N) is 1. The summed E-state index contributed by atoms with van der Waals surface area (Å²) in [7, 11) is 1.86. The summed E-state index contributed by atoms with van der Waals surface area (Å²) >= 11 is 6.12. The average Bonchev–Trinajstić information content (AvgIpc) is 2.46. The molecule has 1 heterocycles. The second-order valence-electron chi connectivity index (χ2n) is 5.32. The molecule has 2 rings (SSSR count). The molecule has 0 radical (unpaired) electrons. The minimum Gasteiger partial charge on any atom is -0.399 e. The van der Waals surface area contributed by atoms with Crippen LogP contribution in [0.25, 0.3) is 0 Å². The summed E-state index contributed by atoms with van der Waals surface area (Å²) in [6, 6.07) is 5.34. The van der Waals surface area contributed by atoms with E-state index in [9.17, 15) is 4.79 Å². The smallest absolute Gasteiger partial charge is 0.255 e. The topological polar surface area (TPSA) is 49.6 Å². The minimum absolute atomic E-state index is 0. The number of likely N-dealkylation sites (tertiary alicyclic amines) is 1. The number of nitrogen functional groups attached to an aromatic ring is 1. The first-order chi connectivity index (χ1) is 9.52. The van der Waals surface area contributed by atoms with Gasteiger partial charge in [0, 0.05) is 31.9 Å². The lowest BCUT2D eigenvalue weighted by Gasteiger charge is -2.36. The van der Waals surface area contributed by atoms with E-state index in [1.54, 1.807) is 18.2 Å². The van der Waals surface area contributed by atoms with E-state index < -0.39 is 0 Å². The van der Waals surface area contributed by atoms with Crippen molar-refractivity contribution >= 4 is 48.0 Å². The molecule has 2 N–H and O–H groups in total. The normalized spacial score (nSPS) is 15.6. The molecule has 0 aromatic heterocycles. The molecule has 7 heteroatoms. The van der Waals surface area contributed by atoms with Gasteiger partial charge in [-0.05, 0) is 37.6 Å². The molecule has 1 aromatic rings. The molecule has 1 saturated heterocycles. The molecule has 1 aliphatic rings. The number of rotatable bonds is 3. The molecule has 0 saturated carbocycles. The third-order valence-electron chi connectivity index (χ3n) is 4.10. The Bertz CT molecular complexity index is 491. The van der Waals surface area contributed by atoms with E-state index in [0.29, 0.717) is 22.3 Å². The number of amides is 1. The van der Waals surface area contributed by atoms with Crippen LogP contribution in [0.15, 0.2) is 18.2 Å². The van der Waals surface area contributed by atoms with Crippen LogP contribution >= 0.6 is 36.4 Å². The van der Waals surface area contributed by atoms with Gasteiger partial charge in [-0.1, -0.05) is 18.5 Å². The van der Waals surface area contributed by atoms with Crippen LogP contribution in [0.4, 0.5) is 5.69 Å². The van der Waals surface area contributed by atoms with E-state index in [4.69, 9.17) is 17.3 Å². The molecule has 1 amide bonds. The summed E-state index contributed by atoms with van der Waals surface area (Å²) in [4.78, 5) is 16.7. The second kappa shape index (κ2) is 9.46. The van der Waals surface area contributed by atoms with Crippen molar-refractivity contribution in [3.8, 4) is 0 Å². The lowest BCUT2D eigenvalue weighted by Crippen LogP contribution is -2.45. The zero-order valence-electron chi connectivity index (χ0n) is 12.9. The van der Waals surface area contributed by atoms with Crippen LogP contribution in [0.2, 0.25) is 5.02 Å². The summed E-state index contributed by atoms with van der Waals surface area (Å²) in [5.74, 6) is -0.0232. The van der Waals surface area contributed by atoms with Gasteiger partial charge in [-0.25, -0.2) is 0 Å². The minimum atomic E-state index is -0.0232. The van der Waals surface area contributed by atoms with Gasteiger partial charge in [0.25, 0.3) is 5.91 Å². The fourth-order valence-electron chi connectivity index (χ4n) is 2.68. The third kappa shape index (κ3) is 4.92. The second-order valence-corrected chi connectivity index (χ2v) is 5.73. The monoisotopic (exact) mass is 367 g/mol. The number of piperidine rings is 1. The van der Waals surface area contributed by atoms with Gasteiger partial charge in [0.05, 0.1) is 10.6 Å². The SMILES string of the molecule is CCN1CCC(N(C)C(=O)c2ccc(N)cc2Cl)CC1.Cl.Cl. The van der Waals surface area contributed by atoms with Crippen molar-refractivity contribution in [3.63, 3.8) is 0 Å². The number of hydrogen-bond donors (Lipinski definition) is 1. The molecule has 1 aromatic carbocycles. The largest absolute Gasteiger partial charge is 0.399 e. The highest BCUT2D eigenvalue weighted by Gasteiger charge is 2.26. The number of carbonyl (C=O) groups excluding carboxylic acids is 1. The van der Waals surface area contributed by atoms with Crippen LogP contribution in [0, 0.1) is 0 Å². The van der Waals surface area contributed by atoms with Gasteiger partial charge >= 0.3 is 0 Å². The summed E-state index contributed by atoms with van der Waals surface area (Å²) in [5.41, 5.74) is 6.77. The highest BCUT2D eigenvalue weighted by Crippen LogP contribution is 2.23. The van der Waals surface area contributed by atoms with Crippen LogP contribution in [0.3, 0.4) is 0 Å². The Morgan fingerprint density at radius 3 is 2.45 bits per heavy atom. The number of nitrogens with zero attached hydrogens (tertiary/aromatic N) is 2. The first-order valence-corrected chi connectivity index (χ1v) is 7.45. The summed E-state index contributed by atoms with van der Waals surface area (Å²) in [6.45, 7) is 5.35. The zero-order chi connectivity index (χ0) is 14.7. The van der Waals surface area contributed by atoms with Crippen LogP contribution < -0.4 is 5.73 Å². The van der Waals surface area contributed by atoms with Crippen LogP contribution in [-0.2, 0) is 0 Å². The summed E-state index contributed by atoms with van der Waals surface area (Å²) in [6.07, 6.45) is 2.03. The first-order valence-electron chi connectivity index (χ1n) is 7.07. The Labute approximate surface area is 149 Å². The van der Waals surface area contributed by atoms with E-state index in [-0.39, 0.29) is 30.7 Å². The van der Waals surface area contributed by atoms with Crippen LogP contribution in [0.1, 0.15) is 30.1 Å². The van der Waals surface area contributed by atoms with Crippen molar-refractivity contribution in [3.05, 3.63) is 28.8 Å². The van der Waals surface area contributed by atoms with Crippen LogP contribution in [0.5, 0.6) is 0 Å². The lowest BCUT2D eigenvalue weighted by molar-refractivity contribution is 0.0647. The van der Waals surface area contributed by atoms with E-state index in [1.165, 1.54) is 0 Å². The molecular formula is C15H24Cl3N3O. The quantitative estimate of drug-likeness (QED) is 0.833. The van der Waals surface area contributed by atoms with Crippen molar-refractivity contribution in [2.75, 3.05) is 32.4 Å². The molecule has 1 aliphatic heterocycles. The van der Waals surface area contributed by atoms with Crippen molar-refractivity contribution in [1.82, 2.24) is 9.80 Å². The van der Waals surface area contributed by atoms with Gasteiger partial charge in [-0.2, -0.15) is 0 Å². The van der Waals surface area contributed by atoms with Crippen LogP contribution in [-0.4, -0.2) is 48.4 Å². The lowest BCUT2D eigenvalue weighted by atomic mass is 10.0. The number of halogens is 3. The molecule has 0 bridgehead atoms. The molecule has 1 fully saturated rings. The maximum atomic E-state index is 12.5. The van der Waals surface area contributed by atoms with Gasteiger partial charge in [0.1, 0.15) is 0 Å². The molecule has 0 aliphatic carbocycles. The summed E-state index contributed by atoms with van der Waals surface area (Å²) < 4.78 is 0. The highest BCUT2D eigenvalue weighted by molar-refractivity contribution is 6.34. The predicted octanol–water partition coefficient (Wildman–Crippen LogP) is 3.32. The molecule has 0 spiro atoms. The van der Waals surface area contributed by atoms with E-state index >= 15 is 0 Å². The Morgan fingerprint density at radius 1 is 1.36 bits per heavy atom. The number of anilines is 1. The molecule has 0 unspecified atom stereocenters. The fraction of sp³-hybridized carbons (Fsp3) is 0.533. The van der Waals surface area contributed by atoms with Crippen molar-refractivity contribution in [2.45, 2.75) is 25.8 Å². The summed E-state index contributed by atoms with van der Waals surface area (Å²) in [5, 5.41) is 0.424. The molecular weight excluding hydrogens is 345 g/mol. The van der Waals surface area contributed by atoms with E-state index in [2.05, 4.69) is 11.8 Å². The van der Waals surface area contributed by atoms with Gasteiger partial charge < -0.3 is 15.5 Å². The number of carbonyl (C=O) groups is 1. The fourth-order valence-corrected chi connectivity index (χ4v) is 2.95. The Hall–Kier alpha value is -0.680. The molecule has 0 atom stereocenters. The van der Waals surface area contributed by atoms with Crippen molar-refractivity contribution < 1.29 is 4.79 Å². The third-order valence-corrected chi connectivity index (χ3v) is 4.41. The number of hydrogen-bond acceptors (Lipinski definition) is 3. The number of benzene rings is 1. The van der Waals surface area contributed by atoms with Crippen molar-refractivity contribution in [2.24, 2.45) is 0 Å². The Balaban J connectivity index is 0.00000220. The highest BCUT2D eigenvalue weighted by atomic mass is 35.5. The van der Waals surface area contributed by atoms with Gasteiger partial charge in [-0.3, -0.25) is 4.79 Å². The standard InChI is InChI=1S/C15H22ClN3O.2ClH/c1-3-19-8-6-12(7-9-19)18(2)15(20)13-5-4-11(17)10-14(13)16;;/h4-5,10,12H,3,6-9,17H2,1-2H3;2*1H. The van der Waals surface area contributed by atoms with Crippen molar-refractivity contribution in [1.29, 1.82) is 0 Å². The average molecular weight is 369 g/mol. The van der Waals surface area contributed by atoms with E-state index in [0.717, 1.165) is 32.5 Å². The predicted molar refractivity (Wildman–Crippen MR) is 97.6 cm³/mol. The van der Waals surface area contributed by atoms with Gasteiger partial charge in [0.2, 0.25) is 0 Å². The molecule has 22 heavy (non-hydrogen) atoms. The zero-order valence-corrected chi connectivity index (χ0v) is 15.3. The van der Waals surface area contributed by atoms with Gasteiger partial charge in [0.15, 0.2) is 0 Å². The van der Waals surface area contributed by atoms with E-state index in [1.807, 2.05) is 11.9 Å².